The van der Waals surface area contributed by atoms with E-state index in [2.05, 4.69) is 29.4 Å². The van der Waals surface area contributed by atoms with Crippen LogP contribution in [0.5, 0.6) is 0 Å². The van der Waals surface area contributed by atoms with Gasteiger partial charge in [-0.2, -0.15) is 0 Å². The molecule has 1 aliphatic rings. The van der Waals surface area contributed by atoms with E-state index >= 15 is 0 Å². The Morgan fingerprint density at radius 1 is 1.50 bits per heavy atom. The third kappa shape index (κ3) is 3.77. The van der Waals surface area contributed by atoms with Crippen LogP contribution in [0.25, 0.3) is 0 Å². The highest BCUT2D eigenvalue weighted by Gasteiger charge is 2.24. The van der Waals surface area contributed by atoms with Crippen molar-refractivity contribution in [3.8, 4) is 0 Å². The van der Waals surface area contributed by atoms with Crippen molar-refractivity contribution in [2.24, 2.45) is 0 Å². The summed E-state index contributed by atoms with van der Waals surface area (Å²) in [6, 6.07) is 5.46. The molecular formula is C15H22FN3O. The van der Waals surface area contributed by atoms with E-state index in [-0.39, 0.29) is 11.7 Å². The number of benzene rings is 1. The molecule has 0 spiro atoms. The third-order valence-corrected chi connectivity index (χ3v) is 3.70. The first-order valence-electron chi connectivity index (χ1n) is 6.99. The summed E-state index contributed by atoms with van der Waals surface area (Å²) >= 11 is 0. The normalized spacial score (nSPS) is 23.6. The maximum absolute atomic E-state index is 13.4. The molecule has 1 fully saturated rings. The number of hydrogen-bond donors (Lipinski definition) is 2. The van der Waals surface area contributed by atoms with Crippen LogP contribution < -0.4 is 10.6 Å². The van der Waals surface area contributed by atoms with Crippen molar-refractivity contribution in [1.82, 2.24) is 10.2 Å². The van der Waals surface area contributed by atoms with Crippen molar-refractivity contribution in [3.05, 3.63) is 29.6 Å². The van der Waals surface area contributed by atoms with Gasteiger partial charge in [0.2, 0.25) is 5.91 Å². The lowest BCUT2D eigenvalue weighted by atomic mass is 10.1. The van der Waals surface area contributed by atoms with E-state index in [0.29, 0.717) is 29.9 Å². The largest absolute Gasteiger partial charge is 0.325 e. The van der Waals surface area contributed by atoms with Crippen LogP contribution in [0.2, 0.25) is 0 Å². The average Bonchev–Trinajstić information content (AvgIpc) is 2.38. The lowest BCUT2D eigenvalue weighted by molar-refractivity contribution is -0.118. The quantitative estimate of drug-likeness (QED) is 0.886. The van der Waals surface area contributed by atoms with Gasteiger partial charge in [-0.05, 0) is 38.5 Å². The van der Waals surface area contributed by atoms with Gasteiger partial charge in [-0.15, -0.1) is 0 Å². The number of nitrogens with zero attached hydrogens (tertiary/aromatic N) is 1. The Balaban J connectivity index is 1.93. The van der Waals surface area contributed by atoms with Crippen LogP contribution >= 0.6 is 0 Å². The highest BCUT2D eigenvalue weighted by Crippen LogP contribution is 2.14. The van der Waals surface area contributed by atoms with Crippen molar-refractivity contribution in [3.63, 3.8) is 0 Å². The number of hydrogen-bond acceptors (Lipinski definition) is 3. The number of amides is 1. The SMILES string of the molecule is Cc1ccc(NC(=O)CN2CC(C)NCC2C)cc1F. The highest BCUT2D eigenvalue weighted by molar-refractivity contribution is 5.92. The van der Waals surface area contributed by atoms with Gasteiger partial charge in [0.05, 0.1) is 6.54 Å². The monoisotopic (exact) mass is 279 g/mol. The number of aryl methyl sites for hydroxylation is 1. The summed E-state index contributed by atoms with van der Waals surface area (Å²) in [5.41, 5.74) is 1.08. The summed E-state index contributed by atoms with van der Waals surface area (Å²) in [5.74, 6) is -0.402. The number of carbonyl (C=O) groups excluding carboxylic acids is 1. The molecule has 1 aromatic carbocycles. The van der Waals surface area contributed by atoms with Gasteiger partial charge >= 0.3 is 0 Å². The second-order valence-electron chi connectivity index (χ2n) is 5.60. The Kier molecular flexibility index (Phi) is 4.73. The van der Waals surface area contributed by atoms with Crippen LogP contribution in [0.1, 0.15) is 19.4 Å². The molecule has 1 aliphatic heterocycles. The molecule has 20 heavy (non-hydrogen) atoms. The summed E-state index contributed by atoms with van der Waals surface area (Å²) in [5, 5.41) is 6.13. The maximum Gasteiger partial charge on any atom is 0.238 e. The van der Waals surface area contributed by atoms with E-state index in [9.17, 15) is 9.18 Å². The topological polar surface area (TPSA) is 44.4 Å². The molecule has 1 saturated heterocycles. The Hall–Kier alpha value is -1.46. The lowest BCUT2D eigenvalue weighted by Crippen LogP contribution is -2.55. The fraction of sp³-hybridized carbons (Fsp3) is 0.533. The average molecular weight is 279 g/mol. The fourth-order valence-corrected chi connectivity index (χ4v) is 2.37. The van der Waals surface area contributed by atoms with Crippen LogP contribution in [-0.4, -0.2) is 42.5 Å². The van der Waals surface area contributed by atoms with Crippen LogP contribution in [0.15, 0.2) is 18.2 Å². The van der Waals surface area contributed by atoms with E-state index < -0.39 is 0 Å². The van der Waals surface area contributed by atoms with E-state index in [0.717, 1.165) is 13.1 Å². The van der Waals surface area contributed by atoms with E-state index in [1.807, 2.05) is 0 Å². The Morgan fingerprint density at radius 3 is 2.95 bits per heavy atom. The molecular weight excluding hydrogens is 257 g/mol. The maximum atomic E-state index is 13.4. The van der Waals surface area contributed by atoms with E-state index in [4.69, 9.17) is 0 Å². The minimum Gasteiger partial charge on any atom is -0.325 e. The van der Waals surface area contributed by atoms with Crippen molar-refractivity contribution in [2.45, 2.75) is 32.9 Å². The van der Waals surface area contributed by atoms with Gasteiger partial charge in [0.25, 0.3) is 0 Å². The highest BCUT2D eigenvalue weighted by atomic mass is 19.1. The van der Waals surface area contributed by atoms with Gasteiger partial charge in [-0.3, -0.25) is 9.69 Å². The molecule has 2 rings (SSSR count). The molecule has 0 aromatic heterocycles. The van der Waals surface area contributed by atoms with Crippen LogP contribution in [0.4, 0.5) is 10.1 Å². The van der Waals surface area contributed by atoms with E-state index in [1.54, 1.807) is 19.1 Å². The second-order valence-corrected chi connectivity index (χ2v) is 5.60. The molecule has 2 atom stereocenters. The third-order valence-electron chi connectivity index (χ3n) is 3.70. The molecule has 1 amide bonds. The Morgan fingerprint density at radius 2 is 2.25 bits per heavy atom. The van der Waals surface area contributed by atoms with Gasteiger partial charge in [-0.25, -0.2) is 4.39 Å². The zero-order valence-corrected chi connectivity index (χ0v) is 12.2. The van der Waals surface area contributed by atoms with E-state index in [1.165, 1.54) is 6.07 Å². The van der Waals surface area contributed by atoms with Crippen LogP contribution in [0, 0.1) is 12.7 Å². The van der Waals surface area contributed by atoms with Crippen molar-refractivity contribution < 1.29 is 9.18 Å². The molecule has 0 radical (unpaired) electrons. The molecule has 110 valence electrons. The van der Waals surface area contributed by atoms with Crippen molar-refractivity contribution in [1.29, 1.82) is 0 Å². The summed E-state index contributed by atoms with van der Waals surface area (Å²) in [4.78, 5) is 14.2. The Labute approximate surface area is 119 Å². The number of carbonyl (C=O) groups is 1. The van der Waals surface area contributed by atoms with Gasteiger partial charge in [0, 0.05) is 30.9 Å². The van der Waals surface area contributed by atoms with Gasteiger partial charge in [-0.1, -0.05) is 6.07 Å². The first kappa shape index (κ1) is 14.9. The molecule has 5 heteroatoms. The lowest BCUT2D eigenvalue weighted by Gasteiger charge is -2.36. The molecule has 1 aromatic rings. The fourth-order valence-electron chi connectivity index (χ4n) is 2.37. The minimum absolute atomic E-state index is 0.103. The minimum atomic E-state index is -0.299. The zero-order chi connectivity index (χ0) is 14.7. The molecule has 2 unspecified atom stereocenters. The summed E-state index contributed by atoms with van der Waals surface area (Å²) in [6.45, 7) is 7.96. The molecule has 1 heterocycles. The molecule has 2 N–H and O–H groups in total. The van der Waals surface area contributed by atoms with Gasteiger partial charge in [0.15, 0.2) is 0 Å². The summed E-state index contributed by atoms with van der Waals surface area (Å²) in [7, 11) is 0. The second kappa shape index (κ2) is 6.33. The van der Waals surface area contributed by atoms with Crippen molar-refractivity contribution >= 4 is 11.6 Å². The molecule has 0 saturated carbocycles. The Bertz CT molecular complexity index is 492. The number of rotatable bonds is 3. The molecule has 0 aliphatic carbocycles. The van der Waals surface area contributed by atoms with Crippen LogP contribution in [-0.2, 0) is 4.79 Å². The first-order chi connectivity index (χ1) is 9.45. The number of nitrogens with one attached hydrogen (secondary N) is 2. The van der Waals surface area contributed by atoms with Gasteiger partial charge < -0.3 is 10.6 Å². The number of halogens is 1. The van der Waals surface area contributed by atoms with Crippen molar-refractivity contribution in [2.75, 3.05) is 25.0 Å². The summed E-state index contributed by atoms with van der Waals surface area (Å²) < 4.78 is 13.4. The first-order valence-corrected chi connectivity index (χ1v) is 6.99. The molecule has 0 bridgehead atoms. The molecule has 4 nitrogen and oxygen atoms in total. The van der Waals surface area contributed by atoms with Gasteiger partial charge in [0.1, 0.15) is 5.82 Å². The van der Waals surface area contributed by atoms with Crippen LogP contribution in [0.3, 0.4) is 0 Å². The number of piperazine rings is 1. The smallest absolute Gasteiger partial charge is 0.238 e. The standard InChI is InChI=1S/C15H22FN3O/c1-10-4-5-13(6-14(10)16)18-15(20)9-19-8-11(2)17-7-12(19)3/h4-6,11-12,17H,7-9H2,1-3H3,(H,18,20). The zero-order valence-electron chi connectivity index (χ0n) is 12.2. The predicted molar refractivity (Wildman–Crippen MR) is 78.3 cm³/mol. The predicted octanol–water partition coefficient (Wildman–Crippen LogP) is 1.75. The summed E-state index contributed by atoms with van der Waals surface area (Å²) in [6.07, 6.45) is 0. The number of anilines is 1.